The Labute approximate surface area is 115 Å². The molecule has 1 aromatic rings. The monoisotopic (exact) mass is 338 g/mol. The van der Waals surface area contributed by atoms with Crippen molar-refractivity contribution in [3.63, 3.8) is 0 Å². The maximum atomic E-state index is 13.3. The number of methoxy groups -OCH3 is 1. The molecule has 0 aliphatic carbocycles. The van der Waals surface area contributed by atoms with Gasteiger partial charge in [0, 0.05) is 11.8 Å². The molecule has 1 atom stereocenters. The summed E-state index contributed by atoms with van der Waals surface area (Å²) in [6.45, 7) is 3.18. The Balaban J connectivity index is 3.35. The Kier molecular flexibility index (Phi) is 4.43. The van der Waals surface area contributed by atoms with Gasteiger partial charge in [0.25, 0.3) is 0 Å². The zero-order chi connectivity index (χ0) is 14.1. The molecule has 0 saturated carbocycles. The first-order valence-corrected chi connectivity index (χ1v) is 8.09. The predicted octanol–water partition coefficient (Wildman–Crippen LogP) is 3.09. The molecule has 0 aromatic heterocycles. The van der Waals surface area contributed by atoms with Crippen LogP contribution in [0.3, 0.4) is 0 Å². The Morgan fingerprint density at radius 2 is 1.94 bits per heavy atom. The van der Waals surface area contributed by atoms with E-state index < -0.39 is 25.2 Å². The molecule has 0 heterocycles. The quantitative estimate of drug-likeness (QED) is 0.792. The average molecular weight is 339 g/mol. The minimum Gasteiger partial charge on any atom is -0.496 e. The van der Waals surface area contributed by atoms with Crippen molar-refractivity contribution in [2.45, 2.75) is 23.4 Å². The van der Waals surface area contributed by atoms with E-state index in [1.807, 2.05) is 0 Å². The molecule has 0 aliphatic rings. The SMILES string of the molecule is COc1ccc(F)cc1C(Br)C(C)(C)S(C)(=O)=O. The van der Waals surface area contributed by atoms with Crippen molar-refractivity contribution in [1.29, 1.82) is 0 Å². The summed E-state index contributed by atoms with van der Waals surface area (Å²) in [5.74, 6) is 0.0227. The van der Waals surface area contributed by atoms with Gasteiger partial charge in [0.2, 0.25) is 0 Å². The normalized spacial score (nSPS) is 14.3. The van der Waals surface area contributed by atoms with E-state index in [0.717, 1.165) is 6.26 Å². The lowest BCUT2D eigenvalue weighted by Crippen LogP contribution is -2.35. The molecule has 0 radical (unpaired) electrons. The minimum atomic E-state index is -3.31. The molecular weight excluding hydrogens is 323 g/mol. The smallest absolute Gasteiger partial charge is 0.154 e. The van der Waals surface area contributed by atoms with Crippen LogP contribution in [0.15, 0.2) is 18.2 Å². The molecule has 6 heteroatoms. The molecule has 0 spiro atoms. The summed E-state index contributed by atoms with van der Waals surface area (Å²) in [6, 6.07) is 4.04. The van der Waals surface area contributed by atoms with Crippen LogP contribution in [0.25, 0.3) is 0 Å². The van der Waals surface area contributed by atoms with Crippen molar-refractivity contribution in [1.82, 2.24) is 0 Å². The first-order valence-electron chi connectivity index (χ1n) is 5.28. The molecule has 0 fully saturated rings. The van der Waals surface area contributed by atoms with E-state index in [9.17, 15) is 12.8 Å². The third-order valence-corrected chi connectivity index (χ3v) is 7.12. The van der Waals surface area contributed by atoms with Gasteiger partial charge in [-0.3, -0.25) is 0 Å². The number of hydrogen-bond acceptors (Lipinski definition) is 3. The van der Waals surface area contributed by atoms with Crippen molar-refractivity contribution >= 4 is 25.8 Å². The molecule has 1 rings (SSSR count). The Bertz CT molecular complexity index is 540. The van der Waals surface area contributed by atoms with E-state index in [1.165, 1.54) is 25.3 Å². The number of rotatable bonds is 4. The molecule has 0 amide bonds. The number of sulfone groups is 1. The average Bonchev–Trinajstić information content (AvgIpc) is 2.26. The fourth-order valence-corrected chi connectivity index (χ4v) is 3.34. The Hall–Kier alpha value is -0.620. The van der Waals surface area contributed by atoms with Gasteiger partial charge >= 0.3 is 0 Å². The second kappa shape index (κ2) is 5.17. The molecule has 0 aliphatic heterocycles. The van der Waals surface area contributed by atoms with Crippen LogP contribution in [0.4, 0.5) is 4.39 Å². The summed E-state index contributed by atoms with van der Waals surface area (Å²) in [6.07, 6.45) is 1.16. The number of hydrogen-bond donors (Lipinski definition) is 0. The van der Waals surface area contributed by atoms with Crippen molar-refractivity contribution in [2.24, 2.45) is 0 Å². The zero-order valence-corrected chi connectivity index (χ0v) is 13.1. The first kappa shape index (κ1) is 15.4. The maximum absolute atomic E-state index is 13.3. The summed E-state index contributed by atoms with van der Waals surface area (Å²) in [4.78, 5) is -0.564. The van der Waals surface area contributed by atoms with Gasteiger partial charge in [-0.2, -0.15) is 0 Å². The van der Waals surface area contributed by atoms with Gasteiger partial charge in [-0.1, -0.05) is 15.9 Å². The summed E-state index contributed by atoms with van der Waals surface area (Å²) in [5.41, 5.74) is 0.480. The van der Waals surface area contributed by atoms with Gasteiger partial charge in [0.05, 0.1) is 16.7 Å². The van der Waals surface area contributed by atoms with E-state index in [2.05, 4.69) is 15.9 Å². The van der Waals surface area contributed by atoms with Crippen molar-refractivity contribution < 1.29 is 17.5 Å². The molecule has 0 saturated heterocycles. The van der Waals surface area contributed by atoms with E-state index in [0.29, 0.717) is 11.3 Å². The van der Waals surface area contributed by atoms with Gasteiger partial charge in [-0.25, -0.2) is 12.8 Å². The van der Waals surface area contributed by atoms with Gasteiger partial charge < -0.3 is 4.74 Å². The highest BCUT2D eigenvalue weighted by Gasteiger charge is 2.39. The highest BCUT2D eigenvalue weighted by Crippen LogP contribution is 2.42. The van der Waals surface area contributed by atoms with Crippen LogP contribution >= 0.6 is 15.9 Å². The van der Waals surface area contributed by atoms with E-state index >= 15 is 0 Å². The molecule has 0 N–H and O–H groups in total. The Morgan fingerprint density at radius 3 is 2.39 bits per heavy atom. The van der Waals surface area contributed by atoms with Gasteiger partial charge in [-0.15, -0.1) is 0 Å². The van der Waals surface area contributed by atoms with Crippen LogP contribution in [-0.2, 0) is 9.84 Å². The topological polar surface area (TPSA) is 43.4 Å². The third kappa shape index (κ3) is 2.85. The molecule has 102 valence electrons. The summed E-state index contributed by atoms with van der Waals surface area (Å²) in [5, 5.41) is 0. The lowest BCUT2D eigenvalue weighted by Gasteiger charge is -2.29. The summed E-state index contributed by atoms with van der Waals surface area (Å²) < 4.78 is 40.9. The number of alkyl halides is 1. The lowest BCUT2D eigenvalue weighted by molar-refractivity contribution is 0.405. The molecular formula is C12H16BrFO3S. The number of halogens is 2. The van der Waals surface area contributed by atoms with Crippen LogP contribution < -0.4 is 4.74 Å². The van der Waals surface area contributed by atoms with Crippen LogP contribution in [0.5, 0.6) is 5.75 Å². The van der Waals surface area contributed by atoms with Gasteiger partial charge in [-0.05, 0) is 32.0 Å². The third-order valence-electron chi connectivity index (χ3n) is 3.03. The fourth-order valence-electron chi connectivity index (χ4n) is 1.47. The van der Waals surface area contributed by atoms with Crippen LogP contribution in [-0.4, -0.2) is 26.5 Å². The Morgan fingerprint density at radius 1 is 1.39 bits per heavy atom. The second-order valence-corrected chi connectivity index (χ2v) is 8.14. The van der Waals surface area contributed by atoms with Gasteiger partial charge in [0.15, 0.2) is 9.84 Å². The second-order valence-electron chi connectivity index (χ2n) is 4.62. The largest absolute Gasteiger partial charge is 0.496 e. The first-order chi connectivity index (χ1) is 8.11. The van der Waals surface area contributed by atoms with Crippen molar-refractivity contribution in [3.05, 3.63) is 29.6 Å². The van der Waals surface area contributed by atoms with Gasteiger partial charge in [0.1, 0.15) is 11.6 Å². The fraction of sp³-hybridized carbons (Fsp3) is 0.500. The molecule has 1 aromatic carbocycles. The highest BCUT2D eigenvalue weighted by molar-refractivity contribution is 9.09. The van der Waals surface area contributed by atoms with Crippen molar-refractivity contribution in [2.75, 3.05) is 13.4 Å². The van der Waals surface area contributed by atoms with E-state index in [1.54, 1.807) is 13.8 Å². The van der Waals surface area contributed by atoms with E-state index in [-0.39, 0.29) is 0 Å². The van der Waals surface area contributed by atoms with Crippen LogP contribution in [0, 0.1) is 5.82 Å². The van der Waals surface area contributed by atoms with Crippen molar-refractivity contribution in [3.8, 4) is 5.75 Å². The predicted molar refractivity (Wildman–Crippen MR) is 73.5 cm³/mol. The highest BCUT2D eigenvalue weighted by atomic mass is 79.9. The number of benzene rings is 1. The summed E-state index contributed by atoms with van der Waals surface area (Å²) >= 11 is 3.34. The minimum absolute atomic E-state index is 0.431. The maximum Gasteiger partial charge on any atom is 0.154 e. The van der Waals surface area contributed by atoms with Crippen LogP contribution in [0.2, 0.25) is 0 Å². The van der Waals surface area contributed by atoms with Crippen LogP contribution in [0.1, 0.15) is 24.2 Å². The standard InChI is InChI=1S/C12H16BrFO3S/c1-12(2,18(4,15)16)11(13)9-7-8(14)5-6-10(9)17-3/h5-7,11H,1-4H3. The lowest BCUT2D eigenvalue weighted by atomic mass is 10.0. The molecule has 18 heavy (non-hydrogen) atoms. The molecule has 3 nitrogen and oxygen atoms in total. The zero-order valence-electron chi connectivity index (χ0n) is 10.7. The summed E-state index contributed by atoms with van der Waals surface area (Å²) in [7, 11) is -1.85. The molecule has 0 bridgehead atoms. The van der Waals surface area contributed by atoms with E-state index in [4.69, 9.17) is 4.74 Å². The number of ether oxygens (including phenoxy) is 1. The molecule has 1 unspecified atom stereocenters.